The number of amides is 1. The van der Waals surface area contributed by atoms with Crippen molar-refractivity contribution < 1.29 is 27.9 Å². The Morgan fingerprint density at radius 3 is 2.29 bits per heavy atom. The highest BCUT2D eigenvalue weighted by Crippen LogP contribution is 2.36. The van der Waals surface area contributed by atoms with E-state index in [9.17, 15) is 22.8 Å². The van der Waals surface area contributed by atoms with Crippen LogP contribution in [0.2, 0.25) is 0 Å². The number of carbonyl (C=O) groups excluding carboxylic acids is 1. The Hall–Kier alpha value is -1.27. The lowest BCUT2D eigenvalue weighted by molar-refractivity contribution is -0.148. The molecule has 2 N–H and O–H groups in total. The number of aliphatic carboxylic acids is 1. The number of halogens is 3. The summed E-state index contributed by atoms with van der Waals surface area (Å²) in [6.07, 6.45) is -3.82. The van der Waals surface area contributed by atoms with Crippen LogP contribution in [0.3, 0.4) is 0 Å². The zero-order valence-corrected chi connectivity index (χ0v) is 9.25. The van der Waals surface area contributed by atoms with Crippen LogP contribution >= 0.6 is 0 Å². The van der Waals surface area contributed by atoms with Gasteiger partial charge in [0.2, 0.25) is 5.91 Å². The number of alkyl halides is 3. The predicted octanol–water partition coefficient (Wildman–Crippen LogP) is 1.41. The highest BCUT2D eigenvalue weighted by molar-refractivity contribution is 5.85. The molecule has 4 nitrogen and oxygen atoms in total. The van der Waals surface area contributed by atoms with E-state index in [0.29, 0.717) is 12.8 Å². The first-order valence-corrected chi connectivity index (χ1v) is 5.28. The lowest BCUT2D eigenvalue weighted by Gasteiger charge is -2.16. The van der Waals surface area contributed by atoms with E-state index in [4.69, 9.17) is 5.11 Å². The SMILES string of the molecule is CC1C[C@H](C(=O)NCC(F)(F)F)[C@H](C(=O)O)C1. The molecule has 1 rings (SSSR count). The Bertz CT molecular complexity index is 316. The molecular weight excluding hydrogens is 239 g/mol. The van der Waals surface area contributed by atoms with Crippen LogP contribution in [0, 0.1) is 17.8 Å². The molecule has 1 amide bonds. The van der Waals surface area contributed by atoms with Crippen LogP contribution in [0.25, 0.3) is 0 Å². The van der Waals surface area contributed by atoms with Crippen LogP contribution < -0.4 is 5.32 Å². The molecule has 1 unspecified atom stereocenters. The van der Waals surface area contributed by atoms with Gasteiger partial charge in [-0.1, -0.05) is 6.92 Å². The first-order valence-electron chi connectivity index (χ1n) is 5.28. The second kappa shape index (κ2) is 4.93. The molecule has 0 spiro atoms. The second-order valence-electron chi connectivity index (χ2n) is 4.46. The van der Waals surface area contributed by atoms with Gasteiger partial charge in [0.1, 0.15) is 6.54 Å². The third kappa shape index (κ3) is 3.90. The molecule has 0 aliphatic heterocycles. The Labute approximate surface area is 96.2 Å². The van der Waals surface area contributed by atoms with Gasteiger partial charge in [0.25, 0.3) is 0 Å². The maximum absolute atomic E-state index is 11.9. The van der Waals surface area contributed by atoms with E-state index in [2.05, 4.69) is 0 Å². The first kappa shape index (κ1) is 13.8. The molecule has 0 aromatic heterocycles. The largest absolute Gasteiger partial charge is 0.481 e. The maximum Gasteiger partial charge on any atom is 0.405 e. The third-order valence-electron chi connectivity index (χ3n) is 2.92. The van der Waals surface area contributed by atoms with Crippen molar-refractivity contribution in [1.29, 1.82) is 0 Å². The lowest BCUT2D eigenvalue weighted by Crippen LogP contribution is -2.40. The number of carboxylic acid groups (broad SMARTS) is 1. The van der Waals surface area contributed by atoms with E-state index < -0.39 is 36.4 Å². The van der Waals surface area contributed by atoms with Crippen molar-refractivity contribution in [3.05, 3.63) is 0 Å². The van der Waals surface area contributed by atoms with Gasteiger partial charge in [-0.3, -0.25) is 9.59 Å². The van der Waals surface area contributed by atoms with Gasteiger partial charge in [0.05, 0.1) is 11.8 Å². The quantitative estimate of drug-likeness (QED) is 0.799. The molecule has 1 aliphatic rings. The number of carboxylic acids is 1. The van der Waals surface area contributed by atoms with Crippen LogP contribution in [0.15, 0.2) is 0 Å². The number of rotatable bonds is 3. The molecule has 0 heterocycles. The maximum atomic E-state index is 11.9. The standard InChI is InChI=1S/C10H14F3NO3/c1-5-2-6(7(3-5)9(16)17)8(15)14-4-10(11,12)13/h5-7H,2-4H2,1H3,(H,14,15)(H,16,17)/t5?,6-,7+/m0/s1. The molecular formula is C10H14F3NO3. The molecule has 7 heteroatoms. The summed E-state index contributed by atoms with van der Waals surface area (Å²) in [5.74, 6) is -3.64. The first-order chi connectivity index (χ1) is 7.70. The minimum Gasteiger partial charge on any atom is -0.481 e. The molecule has 17 heavy (non-hydrogen) atoms. The summed E-state index contributed by atoms with van der Waals surface area (Å²) in [6, 6.07) is 0. The third-order valence-corrected chi connectivity index (χ3v) is 2.92. The molecule has 1 aliphatic carbocycles. The Balaban J connectivity index is 2.59. The second-order valence-corrected chi connectivity index (χ2v) is 4.46. The monoisotopic (exact) mass is 253 g/mol. The number of carbonyl (C=O) groups is 2. The summed E-state index contributed by atoms with van der Waals surface area (Å²) >= 11 is 0. The summed E-state index contributed by atoms with van der Waals surface area (Å²) in [4.78, 5) is 22.3. The van der Waals surface area contributed by atoms with E-state index in [1.54, 1.807) is 12.2 Å². The van der Waals surface area contributed by atoms with E-state index >= 15 is 0 Å². The van der Waals surface area contributed by atoms with Crippen molar-refractivity contribution in [1.82, 2.24) is 5.32 Å². The molecule has 98 valence electrons. The lowest BCUT2D eigenvalue weighted by atomic mass is 9.95. The van der Waals surface area contributed by atoms with E-state index in [-0.39, 0.29) is 5.92 Å². The fourth-order valence-electron chi connectivity index (χ4n) is 2.17. The van der Waals surface area contributed by atoms with E-state index in [1.165, 1.54) is 0 Å². The molecule has 0 saturated heterocycles. The van der Waals surface area contributed by atoms with Crippen molar-refractivity contribution >= 4 is 11.9 Å². The van der Waals surface area contributed by atoms with Crippen LogP contribution in [0.5, 0.6) is 0 Å². The highest BCUT2D eigenvalue weighted by atomic mass is 19.4. The average Bonchev–Trinajstić information content (AvgIpc) is 2.55. The topological polar surface area (TPSA) is 66.4 Å². The van der Waals surface area contributed by atoms with Crippen molar-refractivity contribution in [3.8, 4) is 0 Å². The van der Waals surface area contributed by atoms with Crippen molar-refractivity contribution in [2.24, 2.45) is 17.8 Å². The van der Waals surface area contributed by atoms with Crippen molar-refractivity contribution in [3.63, 3.8) is 0 Å². The van der Waals surface area contributed by atoms with Gasteiger partial charge >= 0.3 is 12.1 Å². The Morgan fingerprint density at radius 1 is 1.29 bits per heavy atom. The molecule has 0 aromatic carbocycles. The van der Waals surface area contributed by atoms with Crippen LogP contribution in [0.1, 0.15) is 19.8 Å². The Kier molecular flexibility index (Phi) is 4.00. The zero-order chi connectivity index (χ0) is 13.2. The fourth-order valence-corrected chi connectivity index (χ4v) is 2.17. The predicted molar refractivity (Wildman–Crippen MR) is 52.1 cm³/mol. The molecule has 0 bridgehead atoms. The average molecular weight is 253 g/mol. The molecule has 0 radical (unpaired) electrons. The number of hydrogen-bond acceptors (Lipinski definition) is 2. The highest BCUT2D eigenvalue weighted by Gasteiger charge is 2.42. The van der Waals surface area contributed by atoms with Crippen LogP contribution in [-0.2, 0) is 9.59 Å². The fraction of sp³-hybridized carbons (Fsp3) is 0.800. The van der Waals surface area contributed by atoms with E-state index in [0.717, 1.165) is 0 Å². The van der Waals surface area contributed by atoms with Gasteiger partial charge in [-0.25, -0.2) is 0 Å². The molecule has 1 fully saturated rings. The van der Waals surface area contributed by atoms with Gasteiger partial charge < -0.3 is 10.4 Å². The van der Waals surface area contributed by atoms with Crippen LogP contribution in [0.4, 0.5) is 13.2 Å². The molecule has 3 atom stereocenters. The van der Waals surface area contributed by atoms with Crippen molar-refractivity contribution in [2.45, 2.75) is 25.9 Å². The summed E-state index contributed by atoms with van der Waals surface area (Å²) in [7, 11) is 0. The van der Waals surface area contributed by atoms with Gasteiger partial charge in [0, 0.05) is 0 Å². The van der Waals surface area contributed by atoms with E-state index in [1.807, 2.05) is 0 Å². The van der Waals surface area contributed by atoms with Crippen molar-refractivity contribution in [2.75, 3.05) is 6.54 Å². The van der Waals surface area contributed by atoms with Gasteiger partial charge in [-0.15, -0.1) is 0 Å². The Morgan fingerprint density at radius 2 is 1.82 bits per heavy atom. The zero-order valence-electron chi connectivity index (χ0n) is 9.25. The summed E-state index contributed by atoms with van der Waals surface area (Å²) in [5.41, 5.74) is 0. The summed E-state index contributed by atoms with van der Waals surface area (Å²) in [5, 5.41) is 10.6. The summed E-state index contributed by atoms with van der Waals surface area (Å²) < 4.78 is 35.7. The molecule has 1 saturated carbocycles. The van der Waals surface area contributed by atoms with Gasteiger partial charge in [0.15, 0.2) is 0 Å². The smallest absolute Gasteiger partial charge is 0.405 e. The number of nitrogens with one attached hydrogen (secondary N) is 1. The normalized spacial score (nSPS) is 29.1. The minimum atomic E-state index is -4.47. The van der Waals surface area contributed by atoms with Crippen LogP contribution in [-0.4, -0.2) is 29.7 Å². The van der Waals surface area contributed by atoms with Gasteiger partial charge in [-0.05, 0) is 18.8 Å². The molecule has 0 aromatic rings. The summed E-state index contributed by atoms with van der Waals surface area (Å²) in [6.45, 7) is 0.371. The minimum absolute atomic E-state index is 0.0396. The number of hydrogen-bond donors (Lipinski definition) is 2. The van der Waals surface area contributed by atoms with Gasteiger partial charge in [-0.2, -0.15) is 13.2 Å².